The smallest absolute Gasteiger partial charge is 0.416 e. The van der Waals surface area contributed by atoms with Crippen LogP contribution in [0.2, 0.25) is 0 Å². The van der Waals surface area contributed by atoms with E-state index in [1.165, 1.54) is 36.4 Å². The molecule has 0 bridgehead atoms. The van der Waals surface area contributed by atoms with E-state index in [1.807, 2.05) is 0 Å². The Morgan fingerprint density at radius 2 is 1.81 bits per heavy atom. The fourth-order valence-corrected chi connectivity index (χ4v) is 2.41. The van der Waals surface area contributed by atoms with E-state index < -0.39 is 34.1 Å². The van der Waals surface area contributed by atoms with Crippen LogP contribution >= 0.6 is 0 Å². The molecule has 0 saturated heterocycles. The van der Waals surface area contributed by atoms with Crippen LogP contribution in [0.1, 0.15) is 21.9 Å². The van der Waals surface area contributed by atoms with Crippen molar-refractivity contribution < 1.29 is 36.4 Å². The summed E-state index contributed by atoms with van der Waals surface area (Å²) in [6.45, 7) is -0.0588. The SMILES string of the molecule is O=C(NNc1ccc(C(F)(F)F)cc1[N+](=O)[O-])c1ccc(COc2ccc(F)cc2)o1. The number of amides is 1. The van der Waals surface area contributed by atoms with Crippen LogP contribution in [-0.4, -0.2) is 10.8 Å². The zero-order chi connectivity index (χ0) is 22.6. The van der Waals surface area contributed by atoms with Gasteiger partial charge in [0, 0.05) is 6.07 Å². The highest BCUT2D eigenvalue weighted by Crippen LogP contribution is 2.34. The first-order chi connectivity index (χ1) is 14.6. The zero-order valence-electron chi connectivity index (χ0n) is 15.4. The quantitative estimate of drug-likeness (QED) is 0.315. The summed E-state index contributed by atoms with van der Waals surface area (Å²) in [6, 6.07) is 9.81. The molecule has 0 aliphatic carbocycles. The minimum atomic E-state index is -4.76. The number of hydrazine groups is 1. The van der Waals surface area contributed by atoms with Gasteiger partial charge in [-0.1, -0.05) is 0 Å². The maximum absolute atomic E-state index is 12.9. The van der Waals surface area contributed by atoms with Crippen LogP contribution < -0.4 is 15.6 Å². The van der Waals surface area contributed by atoms with Crippen molar-refractivity contribution in [3.05, 3.63) is 87.6 Å². The Labute approximate surface area is 171 Å². The predicted molar refractivity (Wildman–Crippen MR) is 98.6 cm³/mol. The summed E-state index contributed by atoms with van der Waals surface area (Å²) < 4.78 is 61.7. The Morgan fingerprint density at radius 1 is 1.10 bits per heavy atom. The van der Waals surface area contributed by atoms with E-state index in [0.717, 1.165) is 6.07 Å². The van der Waals surface area contributed by atoms with Crippen molar-refractivity contribution >= 4 is 17.3 Å². The van der Waals surface area contributed by atoms with Gasteiger partial charge in [0.1, 0.15) is 29.6 Å². The molecule has 0 spiro atoms. The number of nitro benzene ring substituents is 1. The fraction of sp³-hybridized carbons (Fsp3) is 0.105. The lowest BCUT2D eigenvalue weighted by molar-refractivity contribution is -0.384. The van der Waals surface area contributed by atoms with Gasteiger partial charge in [-0.15, -0.1) is 0 Å². The molecule has 1 heterocycles. The highest BCUT2D eigenvalue weighted by atomic mass is 19.4. The highest BCUT2D eigenvalue weighted by molar-refractivity contribution is 5.92. The topological polar surface area (TPSA) is 107 Å². The van der Waals surface area contributed by atoms with Gasteiger partial charge in [0.2, 0.25) is 0 Å². The van der Waals surface area contributed by atoms with Crippen molar-refractivity contribution in [2.75, 3.05) is 5.43 Å². The van der Waals surface area contributed by atoms with Gasteiger partial charge in [-0.25, -0.2) is 4.39 Å². The van der Waals surface area contributed by atoms with Gasteiger partial charge < -0.3 is 9.15 Å². The van der Waals surface area contributed by atoms with Gasteiger partial charge in [-0.05, 0) is 48.5 Å². The Hall–Kier alpha value is -4.09. The number of rotatable bonds is 7. The molecule has 1 amide bonds. The lowest BCUT2D eigenvalue weighted by Gasteiger charge is -2.11. The summed E-state index contributed by atoms with van der Waals surface area (Å²) in [5, 5.41) is 11.1. The van der Waals surface area contributed by atoms with Crippen LogP contribution in [0.25, 0.3) is 0 Å². The number of carbonyl (C=O) groups is 1. The number of nitrogens with zero attached hydrogens (tertiary/aromatic N) is 1. The highest BCUT2D eigenvalue weighted by Gasteiger charge is 2.33. The molecule has 8 nitrogen and oxygen atoms in total. The third-order valence-electron chi connectivity index (χ3n) is 3.91. The van der Waals surface area contributed by atoms with Crippen LogP contribution in [0.5, 0.6) is 5.75 Å². The number of alkyl halides is 3. The second kappa shape index (κ2) is 8.73. The second-order valence-electron chi connectivity index (χ2n) is 6.07. The first-order valence-electron chi connectivity index (χ1n) is 8.52. The molecule has 3 rings (SSSR count). The summed E-state index contributed by atoms with van der Waals surface area (Å²) in [7, 11) is 0. The van der Waals surface area contributed by atoms with E-state index in [4.69, 9.17) is 9.15 Å². The average Bonchev–Trinajstić information content (AvgIpc) is 3.20. The molecule has 162 valence electrons. The molecule has 2 aromatic carbocycles. The number of nitro groups is 1. The number of furan rings is 1. The molecule has 2 N–H and O–H groups in total. The monoisotopic (exact) mass is 439 g/mol. The van der Waals surface area contributed by atoms with Crippen LogP contribution in [0.15, 0.2) is 59.0 Å². The molecule has 0 fully saturated rings. The molecule has 0 unspecified atom stereocenters. The van der Waals surface area contributed by atoms with Gasteiger partial charge in [0.25, 0.3) is 5.69 Å². The van der Waals surface area contributed by atoms with Crippen molar-refractivity contribution in [1.82, 2.24) is 5.43 Å². The molecule has 0 aliphatic heterocycles. The van der Waals surface area contributed by atoms with E-state index in [9.17, 15) is 32.5 Å². The van der Waals surface area contributed by atoms with E-state index in [0.29, 0.717) is 17.9 Å². The Morgan fingerprint density at radius 3 is 2.45 bits per heavy atom. The molecular weight excluding hydrogens is 426 g/mol. The fourth-order valence-electron chi connectivity index (χ4n) is 2.41. The first-order valence-corrected chi connectivity index (χ1v) is 8.52. The predicted octanol–water partition coefficient (Wildman–Crippen LogP) is 4.68. The van der Waals surface area contributed by atoms with Gasteiger partial charge in [0.15, 0.2) is 5.76 Å². The minimum Gasteiger partial charge on any atom is -0.486 e. The van der Waals surface area contributed by atoms with Crippen molar-refractivity contribution in [3.63, 3.8) is 0 Å². The Balaban J connectivity index is 1.62. The van der Waals surface area contributed by atoms with E-state index in [1.54, 1.807) is 0 Å². The van der Waals surface area contributed by atoms with Gasteiger partial charge in [0.05, 0.1) is 10.5 Å². The van der Waals surface area contributed by atoms with E-state index >= 15 is 0 Å². The average molecular weight is 439 g/mol. The lowest BCUT2D eigenvalue weighted by atomic mass is 10.1. The summed E-state index contributed by atoms with van der Waals surface area (Å²) >= 11 is 0. The summed E-state index contributed by atoms with van der Waals surface area (Å²) in [4.78, 5) is 22.2. The summed E-state index contributed by atoms with van der Waals surface area (Å²) in [5.41, 5.74) is 1.90. The van der Waals surface area contributed by atoms with Gasteiger partial charge in [-0.3, -0.25) is 25.8 Å². The summed E-state index contributed by atoms with van der Waals surface area (Å²) in [6.07, 6.45) is -4.76. The first kappa shape index (κ1) is 21.6. The van der Waals surface area contributed by atoms with Crippen LogP contribution in [0, 0.1) is 15.9 Å². The molecule has 0 saturated carbocycles. The standard InChI is InChI=1S/C19H13F4N3O5/c20-12-2-4-13(5-3-12)30-10-14-6-8-17(31-14)18(27)25-24-15-7-1-11(19(21,22)23)9-16(15)26(28)29/h1-9,24H,10H2,(H,25,27). The Bertz CT molecular complexity index is 1100. The second-order valence-corrected chi connectivity index (χ2v) is 6.07. The van der Waals surface area contributed by atoms with Crippen molar-refractivity contribution in [3.8, 4) is 5.75 Å². The van der Waals surface area contributed by atoms with Crippen molar-refractivity contribution in [2.24, 2.45) is 0 Å². The van der Waals surface area contributed by atoms with Crippen molar-refractivity contribution in [1.29, 1.82) is 0 Å². The van der Waals surface area contributed by atoms with Gasteiger partial charge in [-0.2, -0.15) is 13.2 Å². The number of nitrogens with one attached hydrogen (secondary N) is 2. The number of halogens is 4. The Kier molecular flexibility index (Phi) is 6.09. The zero-order valence-corrected chi connectivity index (χ0v) is 15.4. The normalized spacial score (nSPS) is 11.1. The third kappa shape index (κ3) is 5.50. The molecule has 12 heteroatoms. The third-order valence-corrected chi connectivity index (χ3v) is 3.91. The largest absolute Gasteiger partial charge is 0.486 e. The van der Waals surface area contributed by atoms with E-state index in [2.05, 4.69) is 10.9 Å². The number of carbonyl (C=O) groups excluding carboxylic acids is 1. The van der Waals surface area contributed by atoms with Crippen LogP contribution in [-0.2, 0) is 12.8 Å². The molecule has 0 aliphatic rings. The van der Waals surface area contributed by atoms with Crippen molar-refractivity contribution in [2.45, 2.75) is 12.8 Å². The molecule has 0 radical (unpaired) electrons. The van der Waals surface area contributed by atoms with Gasteiger partial charge >= 0.3 is 12.1 Å². The molecule has 3 aromatic rings. The number of hydrogen-bond donors (Lipinski definition) is 2. The number of anilines is 1. The lowest BCUT2D eigenvalue weighted by Crippen LogP contribution is -2.29. The summed E-state index contributed by atoms with van der Waals surface area (Å²) in [5.74, 6) is -0.804. The van der Waals surface area contributed by atoms with Crippen LogP contribution in [0.4, 0.5) is 28.9 Å². The number of hydrogen-bond acceptors (Lipinski definition) is 6. The number of ether oxygens (including phenoxy) is 1. The molecule has 1 aromatic heterocycles. The molecular formula is C19H13F4N3O5. The molecule has 31 heavy (non-hydrogen) atoms. The molecule has 0 atom stereocenters. The van der Waals surface area contributed by atoms with E-state index in [-0.39, 0.29) is 23.8 Å². The van der Waals surface area contributed by atoms with Crippen LogP contribution in [0.3, 0.4) is 0 Å². The number of benzene rings is 2. The maximum Gasteiger partial charge on any atom is 0.416 e. The minimum absolute atomic E-state index is 0.0588. The maximum atomic E-state index is 12.9.